The second-order valence-electron chi connectivity index (χ2n) is 4.33. The summed E-state index contributed by atoms with van der Waals surface area (Å²) in [5, 5.41) is 6.33. The number of carbonyl (C=O) groups excluding carboxylic acids is 2. The fraction of sp³-hybridized carbons (Fsp3) is 0.333. The third kappa shape index (κ3) is 1.85. The summed E-state index contributed by atoms with van der Waals surface area (Å²) in [5.74, 6) is -0.481. The van der Waals surface area contributed by atoms with Crippen LogP contribution in [0.4, 0.5) is 5.69 Å². The zero-order chi connectivity index (χ0) is 12.7. The van der Waals surface area contributed by atoms with Gasteiger partial charge in [-0.3, -0.25) is 14.9 Å². The van der Waals surface area contributed by atoms with Crippen molar-refractivity contribution in [1.29, 1.82) is 0 Å². The Kier molecular flexibility index (Phi) is 2.72. The third-order valence-electron chi connectivity index (χ3n) is 3.15. The Morgan fingerprint density at radius 3 is 2.94 bits per heavy atom. The van der Waals surface area contributed by atoms with Gasteiger partial charge >= 0.3 is 5.97 Å². The van der Waals surface area contributed by atoms with Crippen molar-refractivity contribution in [2.24, 2.45) is 0 Å². The standard InChI is InChI=1S/C12H11ClN2O3/c13-6-1-2-8-7(5-6)10(11(16)15-8)14-9-3-4-18-12(9)17/h1-2,5,9-10,14H,3-4H2,(H,15,16). The number of ether oxygens (including phenoxy) is 1. The second kappa shape index (κ2) is 4.26. The van der Waals surface area contributed by atoms with E-state index >= 15 is 0 Å². The first kappa shape index (κ1) is 11.5. The van der Waals surface area contributed by atoms with Gasteiger partial charge in [-0.1, -0.05) is 11.6 Å². The van der Waals surface area contributed by atoms with E-state index < -0.39 is 12.1 Å². The summed E-state index contributed by atoms with van der Waals surface area (Å²) < 4.78 is 4.86. The highest BCUT2D eigenvalue weighted by Crippen LogP contribution is 2.33. The molecule has 0 aromatic heterocycles. The number of carbonyl (C=O) groups is 2. The highest BCUT2D eigenvalue weighted by Gasteiger charge is 2.36. The lowest BCUT2D eigenvalue weighted by molar-refractivity contribution is -0.139. The Labute approximate surface area is 108 Å². The summed E-state index contributed by atoms with van der Waals surface area (Å²) in [6.07, 6.45) is 0.582. The molecule has 3 rings (SSSR count). The zero-order valence-electron chi connectivity index (χ0n) is 9.40. The number of anilines is 1. The van der Waals surface area contributed by atoms with Gasteiger partial charge in [0.2, 0.25) is 5.91 Å². The molecule has 6 heteroatoms. The van der Waals surface area contributed by atoms with Crippen molar-refractivity contribution in [3.05, 3.63) is 28.8 Å². The van der Waals surface area contributed by atoms with Crippen molar-refractivity contribution in [1.82, 2.24) is 5.32 Å². The van der Waals surface area contributed by atoms with E-state index in [1.807, 2.05) is 0 Å². The maximum absolute atomic E-state index is 11.9. The number of amides is 1. The van der Waals surface area contributed by atoms with Crippen LogP contribution in [0.15, 0.2) is 18.2 Å². The zero-order valence-corrected chi connectivity index (χ0v) is 10.2. The van der Waals surface area contributed by atoms with Gasteiger partial charge in [-0.05, 0) is 18.2 Å². The van der Waals surface area contributed by atoms with Crippen LogP contribution in [0.2, 0.25) is 5.02 Å². The molecule has 2 N–H and O–H groups in total. The predicted octanol–water partition coefficient (Wildman–Crippen LogP) is 1.24. The first-order valence-electron chi connectivity index (χ1n) is 5.68. The van der Waals surface area contributed by atoms with Crippen LogP contribution < -0.4 is 10.6 Å². The molecule has 2 aliphatic heterocycles. The molecule has 2 atom stereocenters. The van der Waals surface area contributed by atoms with E-state index in [1.54, 1.807) is 18.2 Å². The molecular weight excluding hydrogens is 256 g/mol. The van der Waals surface area contributed by atoms with E-state index in [0.717, 1.165) is 11.3 Å². The van der Waals surface area contributed by atoms with E-state index in [2.05, 4.69) is 10.6 Å². The van der Waals surface area contributed by atoms with Gasteiger partial charge < -0.3 is 10.1 Å². The normalized spacial score (nSPS) is 25.8. The van der Waals surface area contributed by atoms with Crippen molar-refractivity contribution in [2.45, 2.75) is 18.5 Å². The molecule has 0 bridgehead atoms. The minimum absolute atomic E-state index is 0.174. The van der Waals surface area contributed by atoms with Crippen LogP contribution in [0.25, 0.3) is 0 Å². The predicted molar refractivity (Wildman–Crippen MR) is 65.3 cm³/mol. The van der Waals surface area contributed by atoms with E-state index in [9.17, 15) is 9.59 Å². The molecular formula is C12H11ClN2O3. The molecule has 1 aromatic rings. The highest BCUT2D eigenvalue weighted by molar-refractivity contribution is 6.31. The van der Waals surface area contributed by atoms with Crippen molar-refractivity contribution >= 4 is 29.2 Å². The Morgan fingerprint density at radius 2 is 2.22 bits per heavy atom. The van der Waals surface area contributed by atoms with Crippen LogP contribution in [0.1, 0.15) is 18.0 Å². The third-order valence-corrected chi connectivity index (χ3v) is 3.38. The van der Waals surface area contributed by atoms with Gasteiger partial charge in [0, 0.05) is 22.7 Å². The minimum atomic E-state index is -0.547. The topological polar surface area (TPSA) is 67.4 Å². The summed E-state index contributed by atoms with van der Waals surface area (Å²) in [6.45, 7) is 0.396. The molecule has 2 unspecified atom stereocenters. The van der Waals surface area contributed by atoms with Gasteiger partial charge in [-0.15, -0.1) is 0 Å². The van der Waals surface area contributed by atoms with Gasteiger partial charge in [-0.2, -0.15) is 0 Å². The first-order valence-corrected chi connectivity index (χ1v) is 6.06. The van der Waals surface area contributed by atoms with Crippen molar-refractivity contribution in [2.75, 3.05) is 11.9 Å². The number of fused-ring (bicyclic) bond motifs is 1. The number of esters is 1. The maximum Gasteiger partial charge on any atom is 0.323 e. The van der Waals surface area contributed by atoms with Crippen LogP contribution in [0.5, 0.6) is 0 Å². The molecule has 0 radical (unpaired) electrons. The van der Waals surface area contributed by atoms with Crippen LogP contribution in [-0.2, 0) is 14.3 Å². The number of benzene rings is 1. The molecule has 1 amide bonds. The Hall–Kier alpha value is -1.59. The van der Waals surface area contributed by atoms with Gasteiger partial charge in [-0.25, -0.2) is 0 Å². The molecule has 1 saturated heterocycles. The largest absolute Gasteiger partial charge is 0.464 e. The van der Waals surface area contributed by atoms with Gasteiger partial charge in [0.25, 0.3) is 0 Å². The van der Waals surface area contributed by atoms with Gasteiger partial charge in [0.05, 0.1) is 6.61 Å². The highest BCUT2D eigenvalue weighted by atomic mass is 35.5. The summed E-state index contributed by atoms with van der Waals surface area (Å²) >= 11 is 5.92. The maximum atomic E-state index is 11.9. The summed E-state index contributed by atoms with van der Waals surface area (Å²) in [4.78, 5) is 23.3. The minimum Gasteiger partial charge on any atom is -0.464 e. The molecule has 0 aliphatic carbocycles. The molecule has 2 aliphatic rings. The van der Waals surface area contributed by atoms with Crippen molar-refractivity contribution < 1.29 is 14.3 Å². The lowest BCUT2D eigenvalue weighted by Gasteiger charge is -2.14. The molecule has 0 saturated carbocycles. The molecule has 5 nitrogen and oxygen atoms in total. The Balaban J connectivity index is 1.87. The average Bonchev–Trinajstić information content (AvgIpc) is 2.86. The van der Waals surface area contributed by atoms with Crippen molar-refractivity contribution in [3.8, 4) is 0 Å². The summed E-state index contributed by atoms with van der Waals surface area (Å²) in [5.41, 5.74) is 1.50. The number of hydrogen-bond donors (Lipinski definition) is 2. The molecule has 0 spiro atoms. The quantitative estimate of drug-likeness (QED) is 0.791. The van der Waals surface area contributed by atoms with E-state index in [-0.39, 0.29) is 11.9 Å². The Bertz CT molecular complexity index is 532. The lowest BCUT2D eigenvalue weighted by atomic mass is 10.1. The van der Waals surface area contributed by atoms with Crippen molar-refractivity contribution in [3.63, 3.8) is 0 Å². The SMILES string of the molecule is O=C1OCCC1NC1C(=O)Nc2ccc(Cl)cc21. The lowest BCUT2D eigenvalue weighted by Crippen LogP contribution is -2.39. The number of rotatable bonds is 2. The Morgan fingerprint density at radius 1 is 1.39 bits per heavy atom. The number of halogens is 1. The van der Waals surface area contributed by atoms with Gasteiger partial charge in [0.1, 0.15) is 12.1 Å². The van der Waals surface area contributed by atoms with Crippen LogP contribution >= 0.6 is 11.6 Å². The molecule has 94 valence electrons. The number of nitrogens with one attached hydrogen (secondary N) is 2. The fourth-order valence-corrected chi connectivity index (χ4v) is 2.43. The first-order chi connectivity index (χ1) is 8.65. The van der Waals surface area contributed by atoms with Gasteiger partial charge in [0.15, 0.2) is 0 Å². The average molecular weight is 267 g/mol. The molecule has 1 aromatic carbocycles. The number of hydrogen-bond acceptors (Lipinski definition) is 4. The number of cyclic esters (lactones) is 1. The summed E-state index contributed by atoms with van der Waals surface area (Å²) in [7, 11) is 0. The van der Waals surface area contributed by atoms with E-state index in [1.165, 1.54) is 0 Å². The molecule has 2 heterocycles. The monoisotopic (exact) mass is 266 g/mol. The summed E-state index contributed by atoms with van der Waals surface area (Å²) in [6, 6.07) is 4.23. The van der Waals surface area contributed by atoms with E-state index in [4.69, 9.17) is 16.3 Å². The van der Waals surface area contributed by atoms with Crippen LogP contribution in [0, 0.1) is 0 Å². The molecule has 1 fully saturated rings. The molecule has 18 heavy (non-hydrogen) atoms. The van der Waals surface area contributed by atoms with E-state index in [0.29, 0.717) is 18.1 Å². The van der Waals surface area contributed by atoms with Crippen LogP contribution in [-0.4, -0.2) is 24.5 Å². The fourth-order valence-electron chi connectivity index (χ4n) is 2.25. The van der Waals surface area contributed by atoms with Crippen LogP contribution in [0.3, 0.4) is 0 Å². The smallest absolute Gasteiger partial charge is 0.323 e. The second-order valence-corrected chi connectivity index (χ2v) is 4.77.